The highest BCUT2D eigenvalue weighted by Gasteiger charge is 2.24. The van der Waals surface area contributed by atoms with Crippen LogP contribution in [0.1, 0.15) is 28.8 Å². The highest BCUT2D eigenvalue weighted by molar-refractivity contribution is 6.02. The van der Waals surface area contributed by atoms with Gasteiger partial charge in [-0.15, -0.1) is 0 Å². The summed E-state index contributed by atoms with van der Waals surface area (Å²) in [6.07, 6.45) is 5.42. The maximum atomic E-state index is 12.4. The zero-order valence-corrected chi connectivity index (χ0v) is 12.8. The third kappa shape index (κ3) is 2.42. The zero-order valence-electron chi connectivity index (χ0n) is 12.8. The number of hydrogen-bond donors (Lipinski definition) is 3. The van der Waals surface area contributed by atoms with Crippen LogP contribution in [0.2, 0.25) is 0 Å². The molecule has 1 aromatic carbocycles. The highest BCUT2D eigenvalue weighted by atomic mass is 16.1. The van der Waals surface area contributed by atoms with Crippen molar-refractivity contribution >= 4 is 22.8 Å². The maximum absolute atomic E-state index is 12.4. The van der Waals surface area contributed by atoms with Gasteiger partial charge in [-0.25, -0.2) is 9.97 Å². The molecule has 116 valence electrons. The van der Waals surface area contributed by atoms with Crippen LogP contribution in [0.3, 0.4) is 0 Å². The SMILES string of the molecule is Cc1ccc(-c2c[nH]c3ncnc(N)c23)cc1C(=O)NC1CC1. The molecule has 1 amide bonds. The Morgan fingerprint density at radius 1 is 1.35 bits per heavy atom. The summed E-state index contributed by atoms with van der Waals surface area (Å²) in [5.74, 6) is 0.409. The van der Waals surface area contributed by atoms with Crippen LogP contribution < -0.4 is 11.1 Å². The summed E-state index contributed by atoms with van der Waals surface area (Å²) in [5.41, 5.74) is 10.2. The summed E-state index contributed by atoms with van der Waals surface area (Å²) >= 11 is 0. The molecule has 23 heavy (non-hydrogen) atoms. The molecule has 6 heteroatoms. The minimum Gasteiger partial charge on any atom is -0.383 e. The first-order chi connectivity index (χ1) is 11.1. The lowest BCUT2D eigenvalue weighted by Gasteiger charge is -2.09. The van der Waals surface area contributed by atoms with Crippen molar-refractivity contribution in [2.24, 2.45) is 0 Å². The molecule has 0 atom stereocenters. The lowest BCUT2D eigenvalue weighted by molar-refractivity contribution is 0.0950. The largest absolute Gasteiger partial charge is 0.383 e. The number of carbonyl (C=O) groups excluding carboxylic acids is 1. The van der Waals surface area contributed by atoms with Crippen molar-refractivity contribution in [3.8, 4) is 11.1 Å². The number of carbonyl (C=O) groups is 1. The molecule has 3 aromatic rings. The second-order valence-corrected chi connectivity index (χ2v) is 5.96. The number of hydrogen-bond acceptors (Lipinski definition) is 4. The number of aromatic amines is 1. The van der Waals surface area contributed by atoms with E-state index in [1.54, 1.807) is 0 Å². The van der Waals surface area contributed by atoms with Crippen molar-refractivity contribution < 1.29 is 4.79 Å². The highest BCUT2D eigenvalue weighted by Crippen LogP contribution is 2.31. The summed E-state index contributed by atoms with van der Waals surface area (Å²) in [5, 5.41) is 3.82. The molecule has 4 rings (SSSR count). The lowest BCUT2D eigenvalue weighted by atomic mass is 9.99. The Morgan fingerprint density at radius 2 is 2.17 bits per heavy atom. The number of anilines is 1. The smallest absolute Gasteiger partial charge is 0.251 e. The second kappa shape index (κ2) is 5.08. The van der Waals surface area contributed by atoms with Crippen molar-refractivity contribution in [3.05, 3.63) is 41.9 Å². The predicted octanol–water partition coefficient (Wildman–Crippen LogP) is 2.41. The van der Waals surface area contributed by atoms with Gasteiger partial charge in [0, 0.05) is 23.4 Å². The quantitative estimate of drug-likeness (QED) is 0.692. The molecule has 1 aliphatic rings. The Kier molecular flexibility index (Phi) is 3.04. The minimum absolute atomic E-state index is 0.0177. The molecule has 2 aromatic heterocycles. The van der Waals surface area contributed by atoms with Crippen LogP contribution in [0.25, 0.3) is 22.2 Å². The Labute approximate surface area is 133 Å². The number of nitrogen functional groups attached to an aromatic ring is 1. The molecule has 0 unspecified atom stereocenters. The first kappa shape index (κ1) is 13.8. The molecule has 6 nitrogen and oxygen atoms in total. The fourth-order valence-corrected chi connectivity index (χ4v) is 2.74. The maximum Gasteiger partial charge on any atom is 0.251 e. The van der Waals surface area contributed by atoms with E-state index in [9.17, 15) is 4.79 Å². The lowest BCUT2D eigenvalue weighted by Crippen LogP contribution is -2.26. The number of benzene rings is 1. The van der Waals surface area contributed by atoms with E-state index in [0.717, 1.165) is 34.9 Å². The molecule has 1 fully saturated rings. The van der Waals surface area contributed by atoms with Crippen molar-refractivity contribution in [1.29, 1.82) is 0 Å². The van der Waals surface area contributed by atoms with E-state index in [1.165, 1.54) is 6.33 Å². The van der Waals surface area contributed by atoms with E-state index < -0.39 is 0 Å². The van der Waals surface area contributed by atoms with Gasteiger partial charge in [0.1, 0.15) is 17.8 Å². The number of aromatic nitrogens is 3. The van der Waals surface area contributed by atoms with Crippen LogP contribution in [0.15, 0.2) is 30.7 Å². The molecule has 1 aliphatic carbocycles. The van der Waals surface area contributed by atoms with Crippen LogP contribution >= 0.6 is 0 Å². The van der Waals surface area contributed by atoms with E-state index in [4.69, 9.17) is 5.73 Å². The standard InChI is InChI=1S/C17H17N5O/c1-9-2-3-10(6-12(9)17(23)22-11-4-5-11)13-7-19-16-14(13)15(18)20-8-21-16/h2-3,6-8,11H,4-5H2,1H3,(H,22,23)(H3,18,19,20,21). The molecule has 1 saturated carbocycles. The Balaban J connectivity index is 1.80. The predicted molar refractivity (Wildman–Crippen MR) is 89.0 cm³/mol. The molecule has 0 aliphatic heterocycles. The molecular weight excluding hydrogens is 290 g/mol. The monoisotopic (exact) mass is 307 g/mol. The van der Waals surface area contributed by atoms with Crippen LogP contribution in [0.5, 0.6) is 0 Å². The Morgan fingerprint density at radius 3 is 2.96 bits per heavy atom. The molecule has 0 saturated heterocycles. The molecule has 0 bridgehead atoms. The number of nitrogens with one attached hydrogen (secondary N) is 2. The van der Waals surface area contributed by atoms with E-state index >= 15 is 0 Å². The second-order valence-electron chi connectivity index (χ2n) is 5.96. The van der Waals surface area contributed by atoms with Gasteiger partial charge >= 0.3 is 0 Å². The van der Waals surface area contributed by atoms with Crippen LogP contribution in [0, 0.1) is 6.92 Å². The summed E-state index contributed by atoms with van der Waals surface area (Å²) in [6, 6.07) is 6.18. The molecule has 0 radical (unpaired) electrons. The number of amides is 1. The molecule has 2 heterocycles. The van der Waals surface area contributed by atoms with Crippen LogP contribution in [-0.4, -0.2) is 26.9 Å². The Hall–Kier alpha value is -2.89. The number of nitrogens with two attached hydrogens (primary N) is 1. The van der Waals surface area contributed by atoms with Gasteiger partial charge in [-0.3, -0.25) is 4.79 Å². The van der Waals surface area contributed by atoms with Crippen molar-refractivity contribution in [2.45, 2.75) is 25.8 Å². The van der Waals surface area contributed by atoms with Gasteiger partial charge in [0.2, 0.25) is 0 Å². The summed E-state index contributed by atoms with van der Waals surface area (Å²) in [6.45, 7) is 1.94. The van der Waals surface area contributed by atoms with Gasteiger partial charge < -0.3 is 16.0 Å². The normalized spacial score (nSPS) is 14.1. The number of nitrogens with zero attached hydrogens (tertiary/aromatic N) is 2. The van der Waals surface area contributed by atoms with Crippen LogP contribution in [-0.2, 0) is 0 Å². The minimum atomic E-state index is -0.0177. The van der Waals surface area contributed by atoms with E-state index in [2.05, 4.69) is 20.3 Å². The van der Waals surface area contributed by atoms with Gasteiger partial charge in [0.15, 0.2) is 0 Å². The average Bonchev–Trinajstić information content (AvgIpc) is 3.23. The van der Waals surface area contributed by atoms with E-state index in [1.807, 2.05) is 31.3 Å². The number of fused-ring (bicyclic) bond motifs is 1. The van der Waals surface area contributed by atoms with Gasteiger partial charge in [-0.05, 0) is 37.0 Å². The Bertz CT molecular complexity index is 910. The molecule has 4 N–H and O–H groups in total. The topological polar surface area (TPSA) is 96.7 Å². The number of H-pyrrole nitrogens is 1. The summed E-state index contributed by atoms with van der Waals surface area (Å²) < 4.78 is 0. The van der Waals surface area contributed by atoms with Crippen LogP contribution in [0.4, 0.5) is 5.82 Å². The van der Waals surface area contributed by atoms with Gasteiger partial charge in [-0.1, -0.05) is 12.1 Å². The van der Waals surface area contributed by atoms with Gasteiger partial charge in [-0.2, -0.15) is 0 Å². The first-order valence-corrected chi connectivity index (χ1v) is 7.63. The summed E-state index contributed by atoms with van der Waals surface area (Å²) in [4.78, 5) is 23.7. The summed E-state index contributed by atoms with van der Waals surface area (Å²) in [7, 11) is 0. The average molecular weight is 307 g/mol. The fourth-order valence-electron chi connectivity index (χ4n) is 2.74. The van der Waals surface area contributed by atoms with Gasteiger partial charge in [0.25, 0.3) is 5.91 Å². The van der Waals surface area contributed by atoms with E-state index in [0.29, 0.717) is 23.1 Å². The zero-order chi connectivity index (χ0) is 16.0. The third-order valence-corrected chi connectivity index (χ3v) is 4.20. The molecular formula is C17H17N5O. The number of aryl methyl sites for hydroxylation is 1. The van der Waals surface area contributed by atoms with Crippen molar-refractivity contribution in [1.82, 2.24) is 20.3 Å². The third-order valence-electron chi connectivity index (χ3n) is 4.20. The number of rotatable bonds is 3. The van der Waals surface area contributed by atoms with E-state index in [-0.39, 0.29) is 5.91 Å². The van der Waals surface area contributed by atoms with Crippen molar-refractivity contribution in [2.75, 3.05) is 5.73 Å². The van der Waals surface area contributed by atoms with Crippen molar-refractivity contribution in [3.63, 3.8) is 0 Å². The molecule has 0 spiro atoms. The van der Waals surface area contributed by atoms with Gasteiger partial charge in [0.05, 0.1) is 5.39 Å². The first-order valence-electron chi connectivity index (χ1n) is 7.63. The fraction of sp³-hybridized carbons (Fsp3) is 0.235.